The quantitative estimate of drug-likeness (QED) is 0.422. The maximum atomic E-state index is 12.9. The second kappa shape index (κ2) is 7.71. The molecule has 1 aliphatic rings. The Bertz CT molecular complexity index is 1330. The third-order valence-corrected chi connectivity index (χ3v) is 5.91. The Hall–Kier alpha value is -3.38. The maximum Gasteiger partial charge on any atom is 0.166 e. The molecule has 31 heavy (non-hydrogen) atoms. The number of nitrogens with one attached hydrogen (secondary N) is 2. The number of para-hydroxylation sites is 1. The highest BCUT2D eigenvalue weighted by atomic mass is 35.5. The van der Waals surface area contributed by atoms with E-state index in [0.717, 1.165) is 52.2 Å². The van der Waals surface area contributed by atoms with Crippen LogP contribution in [0.5, 0.6) is 5.75 Å². The smallest absolute Gasteiger partial charge is 0.166 e. The van der Waals surface area contributed by atoms with Gasteiger partial charge in [-0.05, 0) is 50.1 Å². The van der Waals surface area contributed by atoms with Crippen molar-refractivity contribution in [1.82, 2.24) is 15.0 Å². The number of hydrogen-bond acceptors (Lipinski definition) is 5. The number of nitrogens with zero attached hydrogens (tertiary/aromatic N) is 2. The SMILES string of the molecule is COc1c(Cl)cccc1Nc1c(-c2ccnc3ccc(C)nc23)[nH]c2c1C(=O)CCC2. The van der Waals surface area contributed by atoms with Crippen molar-refractivity contribution >= 4 is 39.8 Å². The van der Waals surface area contributed by atoms with Crippen molar-refractivity contribution in [1.29, 1.82) is 0 Å². The minimum absolute atomic E-state index is 0.120. The molecule has 2 N–H and O–H groups in total. The number of anilines is 2. The minimum atomic E-state index is 0.120. The summed E-state index contributed by atoms with van der Waals surface area (Å²) in [7, 11) is 1.58. The van der Waals surface area contributed by atoms with E-state index in [1.54, 1.807) is 19.4 Å². The molecular weight excluding hydrogens is 412 g/mol. The molecule has 0 fully saturated rings. The van der Waals surface area contributed by atoms with Crippen LogP contribution in [0, 0.1) is 6.92 Å². The summed E-state index contributed by atoms with van der Waals surface area (Å²) in [4.78, 5) is 25.6. The number of carbonyl (C=O) groups excluding carboxylic acids is 1. The number of aromatic nitrogens is 3. The number of benzene rings is 1. The molecule has 7 heteroatoms. The van der Waals surface area contributed by atoms with Crippen LogP contribution in [0.1, 0.15) is 34.6 Å². The number of rotatable bonds is 4. The van der Waals surface area contributed by atoms with Gasteiger partial charge in [0, 0.05) is 29.6 Å². The summed E-state index contributed by atoms with van der Waals surface area (Å²) >= 11 is 6.34. The van der Waals surface area contributed by atoms with Crippen LogP contribution in [-0.4, -0.2) is 27.8 Å². The minimum Gasteiger partial charge on any atom is -0.493 e. The monoisotopic (exact) mass is 432 g/mol. The number of H-pyrrole nitrogens is 1. The third-order valence-electron chi connectivity index (χ3n) is 5.61. The van der Waals surface area contributed by atoms with Crippen molar-refractivity contribution in [2.24, 2.45) is 0 Å². The highest BCUT2D eigenvalue weighted by Crippen LogP contribution is 2.43. The summed E-state index contributed by atoms with van der Waals surface area (Å²) in [5, 5.41) is 3.94. The Labute approximate surface area is 184 Å². The van der Waals surface area contributed by atoms with E-state index >= 15 is 0 Å². The van der Waals surface area contributed by atoms with Gasteiger partial charge in [0.15, 0.2) is 11.5 Å². The molecule has 0 aliphatic heterocycles. The molecule has 0 unspecified atom stereocenters. The van der Waals surface area contributed by atoms with Crippen molar-refractivity contribution in [3.8, 4) is 17.0 Å². The lowest BCUT2D eigenvalue weighted by atomic mass is 9.94. The average Bonchev–Trinajstić information content (AvgIpc) is 3.13. The lowest BCUT2D eigenvalue weighted by Crippen LogP contribution is -2.11. The van der Waals surface area contributed by atoms with Crippen molar-refractivity contribution in [2.75, 3.05) is 12.4 Å². The number of ether oxygens (including phenoxy) is 1. The predicted octanol–water partition coefficient (Wildman–Crippen LogP) is 5.86. The molecule has 3 aromatic heterocycles. The van der Waals surface area contributed by atoms with Gasteiger partial charge in [0.05, 0.1) is 45.8 Å². The van der Waals surface area contributed by atoms with Gasteiger partial charge < -0.3 is 15.0 Å². The highest BCUT2D eigenvalue weighted by molar-refractivity contribution is 6.32. The van der Waals surface area contributed by atoms with E-state index < -0.39 is 0 Å². The molecule has 6 nitrogen and oxygen atoms in total. The molecule has 0 amide bonds. The number of ketones is 1. The Balaban J connectivity index is 1.76. The zero-order valence-corrected chi connectivity index (χ0v) is 18.0. The Kier molecular flexibility index (Phi) is 4.87. The average molecular weight is 433 g/mol. The van der Waals surface area contributed by atoms with Crippen LogP contribution in [0.3, 0.4) is 0 Å². The molecule has 0 atom stereocenters. The van der Waals surface area contributed by atoms with E-state index in [1.165, 1.54) is 0 Å². The summed E-state index contributed by atoms with van der Waals surface area (Å²) in [5.74, 6) is 0.650. The molecular formula is C24H21ClN4O2. The maximum absolute atomic E-state index is 12.9. The Morgan fingerprint density at radius 3 is 2.87 bits per heavy atom. The fraction of sp³-hybridized carbons (Fsp3) is 0.208. The number of hydrogen-bond donors (Lipinski definition) is 2. The van der Waals surface area contributed by atoms with Gasteiger partial charge in [-0.25, -0.2) is 0 Å². The topological polar surface area (TPSA) is 79.9 Å². The van der Waals surface area contributed by atoms with E-state index in [-0.39, 0.29) is 5.78 Å². The lowest BCUT2D eigenvalue weighted by Gasteiger charge is -2.16. The van der Waals surface area contributed by atoms with Crippen molar-refractivity contribution in [3.63, 3.8) is 0 Å². The van der Waals surface area contributed by atoms with Gasteiger partial charge in [-0.2, -0.15) is 0 Å². The molecule has 4 aromatic rings. The summed E-state index contributed by atoms with van der Waals surface area (Å²) in [6.45, 7) is 1.95. The molecule has 0 saturated heterocycles. The van der Waals surface area contributed by atoms with Gasteiger partial charge >= 0.3 is 0 Å². The van der Waals surface area contributed by atoms with Crippen LogP contribution in [0.15, 0.2) is 42.6 Å². The molecule has 0 radical (unpaired) electrons. The van der Waals surface area contributed by atoms with Gasteiger partial charge in [0.2, 0.25) is 0 Å². The van der Waals surface area contributed by atoms with Crippen molar-refractivity contribution < 1.29 is 9.53 Å². The van der Waals surface area contributed by atoms with E-state index in [4.69, 9.17) is 21.3 Å². The fourth-order valence-corrected chi connectivity index (χ4v) is 4.45. The van der Waals surface area contributed by atoms with Gasteiger partial charge in [-0.3, -0.25) is 14.8 Å². The van der Waals surface area contributed by atoms with E-state index in [0.29, 0.717) is 28.4 Å². The third kappa shape index (κ3) is 3.33. The number of methoxy groups -OCH3 is 1. The molecule has 1 aliphatic carbocycles. The summed E-state index contributed by atoms with van der Waals surface area (Å²) in [6.07, 6.45) is 3.94. The van der Waals surface area contributed by atoms with Gasteiger partial charge in [0.25, 0.3) is 0 Å². The van der Waals surface area contributed by atoms with Crippen molar-refractivity contribution in [3.05, 3.63) is 64.6 Å². The molecule has 0 saturated carbocycles. The molecule has 0 bridgehead atoms. The van der Waals surface area contributed by atoms with Crippen LogP contribution in [0.25, 0.3) is 22.3 Å². The number of Topliss-reactive ketones (excluding diaryl/α,β-unsaturated/α-hetero) is 1. The second-order valence-electron chi connectivity index (χ2n) is 7.63. The Morgan fingerprint density at radius 2 is 2.03 bits per heavy atom. The predicted molar refractivity (Wildman–Crippen MR) is 123 cm³/mol. The van der Waals surface area contributed by atoms with Crippen LogP contribution in [-0.2, 0) is 6.42 Å². The number of halogens is 1. The van der Waals surface area contributed by atoms with Crippen LogP contribution in [0.4, 0.5) is 11.4 Å². The first-order valence-electron chi connectivity index (χ1n) is 10.2. The zero-order valence-electron chi connectivity index (χ0n) is 17.3. The van der Waals surface area contributed by atoms with E-state index in [2.05, 4.69) is 15.3 Å². The van der Waals surface area contributed by atoms with E-state index in [9.17, 15) is 4.79 Å². The standard InChI is InChI=1S/C24H21ClN4O2/c1-13-9-10-17-21(27-13)14(11-12-26-17)22-23(20-16(28-22)6-4-8-19(20)30)29-18-7-3-5-15(25)24(18)31-2/h3,5,7,9-12,28-29H,4,6,8H2,1-2H3. The first-order valence-corrected chi connectivity index (χ1v) is 10.5. The number of aryl methyl sites for hydroxylation is 2. The number of carbonyl (C=O) groups is 1. The van der Waals surface area contributed by atoms with Crippen LogP contribution < -0.4 is 10.1 Å². The zero-order chi connectivity index (χ0) is 21.5. The fourth-order valence-electron chi connectivity index (χ4n) is 4.20. The molecule has 3 heterocycles. The molecule has 5 rings (SSSR count). The van der Waals surface area contributed by atoms with Crippen LogP contribution >= 0.6 is 11.6 Å². The largest absolute Gasteiger partial charge is 0.493 e. The molecule has 0 spiro atoms. The van der Waals surface area contributed by atoms with Crippen molar-refractivity contribution in [2.45, 2.75) is 26.2 Å². The Morgan fingerprint density at radius 1 is 1.16 bits per heavy atom. The molecule has 1 aromatic carbocycles. The summed E-state index contributed by atoms with van der Waals surface area (Å²) < 4.78 is 5.52. The second-order valence-corrected chi connectivity index (χ2v) is 8.04. The first kappa shape index (κ1) is 19.6. The normalized spacial score (nSPS) is 13.3. The molecule has 156 valence electrons. The lowest BCUT2D eigenvalue weighted by molar-refractivity contribution is 0.0973. The highest BCUT2D eigenvalue weighted by Gasteiger charge is 2.28. The van der Waals surface area contributed by atoms with E-state index in [1.807, 2.05) is 37.3 Å². The summed E-state index contributed by atoms with van der Waals surface area (Å²) in [5.41, 5.74) is 7.23. The van der Waals surface area contributed by atoms with Gasteiger partial charge in [-0.15, -0.1) is 0 Å². The van der Waals surface area contributed by atoms with Gasteiger partial charge in [0.1, 0.15) is 0 Å². The number of aromatic amines is 1. The summed E-state index contributed by atoms with van der Waals surface area (Å²) in [6, 6.07) is 11.3. The van der Waals surface area contributed by atoms with Crippen LogP contribution in [0.2, 0.25) is 5.02 Å². The first-order chi connectivity index (χ1) is 15.1. The number of fused-ring (bicyclic) bond motifs is 2. The van der Waals surface area contributed by atoms with Gasteiger partial charge in [-0.1, -0.05) is 17.7 Å². The number of pyridine rings is 2.